The lowest BCUT2D eigenvalue weighted by molar-refractivity contribution is 0.0465. The molecular weight excluding hydrogens is 401 g/mol. The van der Waals surface area contributed by atoms with Gasteiger partial charge in [0, 0.05) is 30.9 Å². The van der Waals surface area contributed by atoms with E-state index in [-0.39, 0.29) is 35.8 Å². The first-order valence-corrected chi connectivity index (χ1v) is 10.7. The molecule has 2 aliphatic heterocycles. The molecule has 0 spiro atoms. The molecule has 2 saturated carbocycles. The molecule has 4 aliphatic rings. The van der Waals surface area contributed by atoms with Crippen molar-refractivity contribution in [3.05, 3.63) is 62.8 Å². The summed E-state index contributed by atoms with van der Waals surface area (Å²) in [5.41, 5.74) is -0.0986. The van der Waals surface area contributed by atoms with Crippen LogP contribution in [0.1, 0.15) is 44.8 Å². The second kappa shape index (κ2) is 6.18. The maximum absolute atomic E-state index is 14.0. The van der Waals surface area contributed by atoms with Crippen LogP contribution in [0.3, 0.4) is 0 Å². The molecule has 1 unspecified atom stereocenters. The Hall–Kier alpha value is -3.16. The number of nitrogens with zero attached hydrogens (tertiary/aromatic N) is 2. The van der Waals surface area contributed by atoms with Gasteiger partial charge in [-0.05, 0) is 49.1 Å². The molecule has 2 aliphatic carbocycles. The van der Waals surface area contributed by atoms with Crippen LogP contribution in [0.4, 0.5) is 4.39 Å². The van der Waals surface area contributed by atoms with E-state index in [0.717, 1.165) is 18.4 Å². The highest BCUT2D eigenvalue weighted by molar-refractivity contribution is 5.99. The first-order valence-electron chi connectivity index (χ1n) is 10.7. The molecule has 2 amide bonds. The third kappa shape index (κ3) is 2.53. The first kappa shape index (κ1) is 18.6. The normalized spacial score (nSPS) is 29.4. The fourth-order valence-corrected chi connectivity index (χ4v) is 6.11. The average molecular weight is 423 g/mol. The van der Waals surface area contributed by atoms with Gasteiger partial charge in [-0.1, -0.05) is 12.1 Å². The van der Waals surface area contributed by atoms with Crippen LogP contribution in [0.25, 0.3) is 0 Å². The number of pyridine rings is 1. The topological polar surface area (TPSA) is 91.6 Å². The number of benzene rings is 1. The van der Waals surface area contributed by atoms with Crippen LogP contribution in [0.5, 0.6) is 5.75 Å². The van der Waals surface area contributed by atoms with E-state index in [1.165, 1.54) is 12.3 Å². The number of carbonyl (C=O) groups excluding carboxylic acids is 2. The molecular formula is C23H22FN3O4. The lowest BCUT2D eigenvalue weighted by Crippen LogP contribution is -2.53. The lowest BCUT2D eigenvalue weighted by atomic mass is 9.94. The number of rotatable bonds is 3. The lowest BCUT2D eigenvalue weighted by Gasteiger charge is -2.40. The summed E-state index contributed by atoms with van der Waals surface area (Å²) in [5.74, 6) is -0.453. The van der Waals surface area contributed by atoms with Gasteiger partial charge in [-0.15, -0.1) is 0 Å². The Morgan fingerprint density at radius 2 is 1.97 bits per heavy atom. The summed E-state index contributed by atoms with van der Waals surface area (Å²) in [6.07, 6.45) is 3.50. The molecule has 5 atom stereocenters. The van der Waals surface area contributed by atoms with Gasteiger partial charge >= 0.3 is 0 Å². The molecule has 1 aromatic carbocycles. The Morgan fingerprint density at radius 1 is 1.19 bits per heavy atom. The van der Waals surface area contributed by atoms with Crippen molar-refractivity contribution >= 4 is 11.8 Å². The Labute approximate surface area is 177 Å². The molecule has 2 aromatic rings. The van der Waals surface area contributed by atoms with Crippen LogP contribution in [0.15, 0.2) is 29.2 Å². The van der Waals surface area contributed by atoms with Gasteiger partial charge in [0.15, 0.2) is 11.4 Å². The molecule has 31 heavy (non-hydrogen) atoms. The minimum absolute atomic E-state index is 0.0351. The Balaban J connectivity index is 1.30. The third-order valence-corrected chi connectivity index (χ3v) is 7.63. The maximum Gasteiger partial charge on any atom is 0.275 e. The van der Waals surface area contributed by atoms with Crippen molar-refractivity contribution in [1.82, 2.24) is 14.8 Å². The molecule has 2 N–H and O–H groups in total. The standard InChI is InChI=1S/C23H22FN3O4/c1-10-2-3-11(16(24)4-10)7-25-22(30)15-8-26-9-18-14-6-17(13-5-12(13)14)27(18)23(31)19(26)21(29)20(15)28/h2-4,8,12-14,17-18,29H,5-7,9H2,1H3,(H,25,30)/t12-,13+,14?,17+,18-/m1/s1. The van der Waals surface area contributed by atoms with Gasteiger partial charge in [0.1, 0.15) is 11.4 Å². The van der Waals surface area contributed by atoms with Gasteiger partial charge in [0.25, 0.3) is 11.8 Å². The van der Waals surface area contributed by atoms with E-state index in [0.29, 0.717) is 29.9 Å². The Kier molecular flexibility index (Phi) is 3.71. The number of nitrogens with one attached hydrogen (secondary N) is 1. The summed E-state index contributed by atoms with van der Waals surface area (Å²) in [6, 6.07) is 4.95. The second-order valence-electron chi connectivity index (χ2n) is 9.31. The van der Waals surface area contributed by atoms with Crippen molar-refractivity contribution in [3.63, 3.8) is 0 Å². The minimum atomic E-state index is -0.881. The number of amides is 2. The number of hydrogen-bond acceptors (Lipinski definition) is 4. The molecule has 1 saturated heterocycles. The molecule has 160 valence electrons. The van der Waals surface area contributed by atoms with E-state index < -0.39 is 22.9 Å². The van der Waals surface area contributed by atoms with Crippen LogP contribution in [-0.4, -0.2) is 38.5 Å². The molecule has 3 fully saturated rings. The summed E-state index contributed by atoms with van der Waals surface area (Å²) < 4.78 is 15.6. The summed E-state index contributed by atoms with van der Waals surface area (Å²) in [5, 5.41) is 13.1. The van der Waals surface area contributed by atoms with Crippen molar-refractivity contribution in [3.8, 4) is 5.75 Å². The smallest absolute Gasteiger partial charge is 0.275 e. The maximum atomic E-state index is 14.0. The summed E-state index contributed by atoms with van der Waals surface area (Å²) >= 11 is 0. The number of aryl methyl sites for hydroxylation is 1. The number of fused-ring (bicyclic) bond motifs is 9. The minimum Gasteiger partial charge on any atom is -0.503 e. The zero-order valence-corrected chi connectivity index (χ0v) is 17.0. The Morgan fingerprint density at radius 3 is 2.74 bits per heavy atom. The van der Waals surface area contributed by atoms with Gasteiger partial charge in [-0.3, -0.25) is 14.4 Å². The highest BCUT2D eigenvalue weighted by Gasteiger charge is 2.66. The summed E-state index contributed by atoms with van der Waals surface area (Å²) in [7, 11) is 0. The van der Waals surface area contributed by atoms with Gasteiger partial charge in [0.05, 0.1) is 6.04 Å². The number of hydrogen-bond donors (Lipinski definition) is 2. The Bertz CT molecular complexity index is 1220. The first-order chi connectivity index (χ1) is 14.8. The quantitative estimate of drug-likeness (QED) is 0.788. The fourth-order valence-electron chi connectivity index (χ4n) is 6.11. The van der Waals surface area contributed by atoms with E-state index in [2.05, 4.69) is 5.32 Å². The third-order valence-electron chi connectivity index (χ3n) is 7.63. The van der Waals surface area contributed by atoms with E-state index in [1.54, 1.807) is 23.6 Å². The fraction of sp³-hybridized carbons (Fsp3) is 0.435. The van der Waals surface area contributed by atoms with E-state index in [1.807, 2.05) is 4.90 Å². The van der Waals surface area contributed by atoms with Crippen molar-refractivity contribution in [1.29, 1.82) is 0 Å². The van der Waals surface area contributed by atoms with Gasteiger partial charge in [0.2, 0.25) is 5.43 Å². The molecule has 6 rings (SSSR count). The van der Waals surface area contributed by atoms with Crippen LogP contribution < -0.4 is 10.7 Å². The van der Waals surface area contributed by atoms with Crippen molar-refractivity contribution in [2.75, 3.05) is 0 Å². The van der Waals surface area contributed by atoms with E-state index in [4.69, 9.17) is 0 Å². The van der Waals surface area contributed by atoms with Crippen molar-refractivity contribution in [2.24, 2.45) is 17.8 Å². The van der Waals surface area contributed by atoms with Gasteiger partial charge < -0.3 is 19.9 Å². The van der Waals surface area contributed by atoms with Crippen LogP contribution in [-0.2, 0) is 13.1 Å². The monoisotopic (exact) mass is 423 g/mol. The van der Waals surface area contributed by atoms with Gasteiger partial charge in [-0.25, -0.2) is 4.39 Å². The van der Waals surface area contributed by atoms with Crippen LogP contribution >= 0.6 is 0 Å². The molecule has 0 radical (unpaired) electrons. The zero-order valence-electron chi connectivity index (χ0n) is 17.0. The zero-order chi connectivity index (χ0) is 21.6. The number of halogens is 1. The molecule has 7 nitrogen and oxygen atoms in total. The molecule has 3 heterocycles. The average Bonchev–Trinajstić information content (AvgIpc) is 3.34. The van der Waals surface area contributed by atoms with Crippen LogP contribution in [0.2, 0.25) is 0 Å². The van der Waals surface area contributed by atoms with Crippen LogP contribution in [0, 0.1) is 30.5 Å². The predicted octanol–water partition coefficient (Wildman–Crippen LogP) is 1.79. The second-order valence-corrected chi connectivity index (χ2v) is 9.31. The molecule has 1 aromatic heterocycles. The largest absolute Gasteiger partial charge is 0.503 e. The highest BCUT2D eigenvalue weighted by Crippen LogP contribution is 2.64. The van der Waals surface area contributed by atoms with E-state index >= 15 is 0 Å². The number of piperidine rings is 1. The number of aromatic hydroxyl groups is 1. The van der Waals surface area contributed by atoms with Crippen molar-refractivity contribution < 1.29 is 19.1 Å². The predicted molar refractivity (Wildman–Crippen MR) is 108 cm³/mol. The summed E-state index contributed by atoms with van der Waals surface area (Å²) in [6.45, 7) is 2.14. The summed E-state index contributed by atoms with van der Waals surface area (Å²) in [4.78, 5) is 40.4. The highest BCUT2D eigenvalue weighted by atomic mass is 19.1. The number of aromatic nitrogens is 1. The number of carbonyl (C=O) groups is 2. The molecule has 8 heteroatoms. The van der Waals surface area contributed by atoms with Gasteiger partial charge in [-0.2, -0.15) is 0 Å². The van der Waals surface area contributed by atoms with E-state index in [9.17, 15) is 23.9 Å². The SMILES string of the molecule is Cc1ccc(CNC(=O)c2cn3c(c(O)c2=O)C(=O)N2[C@H](C3)C3C[C@H]2[C@H]2C[C@@H]32)c(F)c1. The van der Waals surface area contributed by atoms with Crippen molar-refractivity contribution in [2.45, 2.75) is 44.9 Å². The molecule has 2 bridgehead atoms.